The number of carbonyl (C=O) groups is 1. The van der Waals surface area contributed by atoms with Crippen molar-refractivity contribution in [1.82, 2.24) is 10.2 Å². The summed E-state index contributed by atoms with van der Waals surface area (Å²) in [5.41, 5.74) is 0.892. The van der Waals surface area contributed by atoms with E-state index in [0.29, 0.717) is 12.4 Å². The third-order valence-corrected chi connectivity index (χ3v) is 5.09. The number of rotatable bonds is 10. The average Bonchev–Trinajstić information content (AvgIpc) is 2.73. The minimum atomic E-state index is -0.102. The fourth-order valence-corrected chi connectivity index (χ4v) is 3.10. The predicted molar refractivity (Wildman–Crippen MR) is 112 cm³/mol. The third-order valence-electron chi connectivity index (χ3n) is 5.09. The molecule has 1 saturated heterocycles. The van der Waals surface area contributed by atoms with Gasteiger partial charge in [0.05, 0.1) is 26.9 Å². The van der Waals surface area contributed by atoms with Crippen LogP contribution in [-0.2, 0) is 9.53 Å². The van der Waals surface area contributed by atoms with Crippen LogP contribution in [0.15, 0.2) is 24.3 Å². The fraction of sp³-hybridized carbons (Fsp3) is 0.591. The quantitative estimate of drug-likeness (QED) is 0.491. The number of nitrogens with one attached hydrogen (secondary N) is 1. The third kappa shape index (κ3) is 6.84. The van der Waals surface area contributed by atoms with E-state index in [1.807, 2.05) is 25.1 Å². The Balaban J connectivity index is 1.89. The van der Waals surface area contributed by atoms with Crippen molar-refractivity contribution in [1.29, 1.82) is 0 Å². The average molecular weight is 391 g/mol. The van der Waals surface area contributed by atoms with E-state index >= 15 is 0 Å². The number of morpholine rings is 1. The molecule has 1 N–H and O–H groups in total. The molecule has 0 aromatic heterocycles. The van der Waals surface area contributed by atoms with Crippen LogP contribution in [0.3, 0.4) is 0 Å². The van der Waals surface area contributed by atoms with Crippen LogP contribution in [0.5, 0.6) is 11.5 Å². The highest BCUT2D eigenvalue weighted by Crippen LogP contribution is 2.28. The maximum absolute atomic E-state index is 12.3. The monoisotopic (exact) mass is 390 g/mol. The molecule has 28 heavy (non-hydrogen) atoms. The van der Waals surface area contributed by atoms with Crippen molar-refractivity contribution in [3.8, 4) is 11.5 Å². The van der Waals surface area contributed by atoms with Crippen LogP contribution in [0, 0.1) is 0 Å². The van der Waals surface area contributed by atoms with Gasteiger partial charge in [0.25, 0.3) is 0 Å². The van der Waals surface area contributed by atoms with Gasteiger partial charge in [0, 0.05) is 31.2 Å². The van der Waals surface area contributed by atoms with Gasteiger partial charge in [-0.25, -0.2) is 0 Å². The molecule has 1 aromatic rings. The molecule has 2 atom stereocenters. The van der Waals surface area contributed by atoms with Crippen LogP contribution in [0.1, 0.15) is 39.2 Å². The van der Waals surface area contributed by atoms with Gasteiger partial charge >= 0.3 is 0 Å². The Morgan fingerprint density at radius 1 is 1.29 bits per heavy atom. The second-order valence-electron chi connectivity index (χ2n) is 7.13. The predicted octanol–water partition coefficient (Wildman–Crippen LogP) is 3.11. The maximum atomic E-state index is 12.3. The molecule has 6 heteroatoms. The second-order valence-corrected chi connectivity index (χ2v) is 7.13. The lowest BCUT2D eigenvalue weighted by Gasteiger charge is -2.35. The van der Waals surface area contributed by atoms with Crippen LogP contribution in [0.4, 0.5) is 0 Å². The van der Waals surface area contributed by atoms with Crippen LogP contribution < -0.4 is 14.8 Å². The molecule has 2 unspecified atom stereocenters. The Morgan fingerprint density at radius 3 is 2.71 bits per heavy atom. The van der Waals surface area contributed by atoms with E-state index in [2.05, 4.69) is 24.1 Å². The summed E-state index contributed by atoms with van der Waals surface area (Å²) in [6.45, 7) is 10.3. The first-order valence-corrected chi connectivity index (χ1v) is 10.2. The second kappa shape index (κ2) is 11.7. The Bertz CT molecular complexity index is 641. The van der Waals surface area contributed by atoms with Crippen LogP contribution in [-0.4, -0.2) is 62.9 Å². The van der Waals surface area contributed by atoms with E-state index in [1.54, 1.807) is 19.3 Å². The van der Waals surface area contributed by atoms with E-state index in [0.717, 1.165) is 50.5 Å². The smallest absolute Gasteiger partial charge is 0.244 e. The van der Waals surface area contributed by atoms with Gasteiger partial charge in [-0.3, -0.25) is 9.69 Å². The molecule has 156 valence electrons. The number of benzene rings is 1. The number of hydrogen-bond acceptors (Lipinski definition) is 5. The van der Waals surface area contributed by atoms with E-state index in [9.17, 15) is 4.79 Å². The SMILES string of the molecule is CCCCOc1ccc(C=CC(=O)NC(C)C(C)N2CCOCC2)cc1OC. The molecule has 0 radical (unpaired) electrons. The summed E-state index contributed by atoms with van der Waals surface area (Å²) in [6, 6.07) is 6.01. The van der Waals surface area contributed by atoms with Crippen LogP contribution in [0.2, 0.25) is 0 Å². The largest absolute Gasteiger partial charge is 0.493 e. The molecule has 0 bridgehead atoms. The molecular formula is C22H34N2O4. The first-order valence-electron chi connectivity index (χ1n) is 10.2. The van der Waals surface area contributed by atoms with E-state index in [1.165, 1.54) is 0 Å². The summed E-state index contributed by atoms with van der Waals surface area (Å²) in [6.07, 6.45) is 5.45. The zero-order valence-corrected chi connectivity index (χ0v) is 17.6. The highest BCUT2D eigenvalue weighted by molar-refractivity contribution is 5.92. The van der Waals surface area contributed by atoms with Gasteiger partial charge < -0.3 is 19.5 Å². The molecule has 2 rings (SSSR count). The number of amides is 1. The topological polar surface area (TPSA) is 60.0 Å². The van der Waals surface area contributed by atoms with E-state index < -0.39 is 0 Å². The van der Waals surface area contributed by atoms with Crippen molar-refractivity contribution in [3.05, 3.63) is 29.8 Å². The first kappa shape index (κ1) is 22.2. The maximum Gasteiger partial charge on any atom is 0.244 e. The summed E-state index contributed by atoms with van der Waals surface area (Å²) in [5.74, 6) is 1.30. The molecule has 0 spiro atoms. The fourth-order valence-electron chi connectivity index (χ4n) is 3.10. The highest BCUT2D eigenvalue weighted by Gasteiger charge is 2.22. The van der Waals surface area contributed by atoms with E-state index in [-0.39, 0.29) is 18.0 Å². The summed E-state index contributed by atoms with van der Waals surface area (Å²) in [4.78, 5) is 14.7. The number of ether oxygens (including phenoxy) is 3. The number of carbonyl (C=O) groups excluding carboxylic acids is 1. The molecule has 0 saturated carbocycles. The lowest BCUT2D eigenvalue weighted by Crippen LogP contribution is -2.51. The first-order chi connectivity index (χ1) is 13.5. The molecule has 1 fully saturated rings. The molecule has 1 heterocycles. The van der Waals surface area contributed by atoms with Gasteiger partial charge in [-0.1, -0.05) is 19.4 Å². The highest BCUT2D eigenvalue weighted by atomic mass is 16.5. The lowest BCUT2D eigenvalue weighted by molar-refractivity contribution is -0.117. The summed E-state index contributed by atoms with van der Waals surface area (Å²) in [5, 5.41) is 3.06. The number of methoxy groups -OCH3 is 1. The van der Waals surface area contributed by atoms with Crippen molar-refractivity contribution in [2.45, 2.75) is 45.7 Å². The lowest BCUT2D eigenvalue weighted by atomic mass is 10.1. The molecular weight excluding hydrogens is 356 g/mol. The zero-order chi connectivity index (χ0) is 20.4. The van der Waals surface area contributed by atoms with Crippen molar-refractivity contribution >= 4 is 12.0 Å². The number of unbranched alkanes of at least 4 members (excludes halogenated alkanes) is 1. The minimum absolute atomic E-state index is 0.0547. The Hall–Kier alpha value is -2.05. The number of hydrogen-bond donors (Lipinski definition) is 1. The summed E-state index contributed by atoms with van der Waals surface area (Å²) >= 11 is 0. The van der Waals surface area contributed by atoms with E-state index in [4.69, 9.17) is 14.2 Å². The summed E-state index contributed by atoms with van der Waals surface area (Å²) < 4.78 is 16.5. The molecule has 1 aliphatic rings. The Kier molecular flexibility index (Phi) is 9.31. The van der Waals surface area contributed by atoms with Gasteiger partial charge in [0.15, 0.2) is 11.5 Å². The Labute approximate surface area is 168 Å². The molecule has 6 nitrogen and oxygen atoms in total. The van der Waals surface area contributed by atoms with Crippen molar-refractivity contribution < 1.29 is 19.0 Å². The molecule has 1 amide bonds. The molecule has 1 aromatic carbocycles. The standard InChI is InChI=1S/C22H34N2O4/c1-5-6-13-28-20-9-7-19(16-21(20)26-4)8-10-22(25)23-17(2)18(3)24-11-14-27-15-12-24/h7-10,16-18H,5-6,11-15H2,1-4H3,(H,23,25). The van der Waals surface area contributed by atoms with Gasteiger partial charge in [-0.15, -0.1) is 0 Å². The van der Waals surface area contributed by atoms with Crippen molar-refractivity contribution in [2.24, 2.45) is 0 Å². The van der Waals surface area contributed by atoms with Gasteiger partial charge in [-0.05, 0) is 44.0 Å². The molecule has 0 aliphatic carbocycles. The number of nitrogens with zero attached hydrogens (tertiary/aromatic N) is 1. The summed E-state index contributed by atoms with van der Waals surface area (Å²) in [7, 11) is 1.62. The molecule has 1 aliphatic heterocycles. The normalized spacial score (nSPS) is 17.3. The minimum Gasteiger partial charge on any atom is -0.493 e. The van der Waals surface area contributed by atoms with Crippen LogP contribution >= 0.6 is 0 Å². The zero-order valence-electron chi connectivity index (χ0n) is 17.6. The van der Waals surface area contributed by atoms with Crippen molar-refractivity contribution in [2.75, 3.05) is 40.0 Å². The van der Waals surface area contributed by atoms with Crippen molar-refractivity contribution in [3.63, 3.8) is 0 Å². The van der Waals surface area contributed by atoms with Gasteiger partial charge in [-0.2, -0.15) is 0 Å². The van der Waals surface area contributed by atoms with Crippen LogP contribution in [0.25, 0.3) is 6.08 Å². The van der Waals surface area contributed by atoms with Gasteiger partial charge in [0.2, 0.25) is 5.91 Å². The Morgan fingerprint density at radius 2 is 2.04 bits per heavy atom. The van der Waals surface area contributed by atoms with Gasteiger partial charge in [0.1, 0.15) is 0 Å².